The molecule has 5 nitrogen and oxygen atoms in total. The molecule has 0 bridgehead atoms. The zero-order valence-corrected chi connectivity index (χ0v) is 11.7. The van der Waals surface area contributed by atoms with E-state index in [0.717, 1.165) is 49.1 Å². The molecule has 3 rings (SSSR count). The Morgan fingerprint density at radius 2 is 2.09 bits per heavy atom. The molecule has 0 unspecified atom stereocenters. The summed E-state index contributed by atoms with van der Waals surface area (Å²) in [5, 5.41) is 18.6. The predicted molar refractivity (Wildman–Crippen MR) is 75.6 cm³/mol. The van der Waals surface area contributed by atoms with Crippen LogP contribution in [0.1, 0.15) is 29.8 Å². The number of fused-ring (bicyclic) bond motifs is 1. The molecule has 0 saturated heterocycles. The van der Waals surface area contributed by atoms with Crippen LogP contribution in [-0.4, -0.2) is 21.2 Å². The number of phenols is 1. The van der Waals surface area contributed by atoms with Crippen LogP contribution in [0.5, 0.6) is 5.75 Å². The number of aromatic nitrogens is 2. The first kappa shape index (κ1) is 14.5. The van der Waals surface area contributed by atoms with Gasteiger partial charge in [-0.3, -0.25) is 9.89 Å². The summed E-state index contributed by atoms with van der Waals surface area (Å²) in [5.41, 5.74) is 2.51. The molecule has 0 fully saturated rings. The number of benzene rings is 1. The van der Waals surface area contributed by atoms with E-state index in [1.807, 2.05) is 0 Å². The fourth-order valence-electron chi connectivity index (χ4n) is 2.68. The van der Waals surface area contributed by atoms with Crippen LogP contribution in [0.25, 0.3) is 0 Å². The summed E-state index contributed by atoms with van der Waals surface area (Å²) in [5.74, 6) is -3.82. The number of carbonyl (C=O) groups excluding carboxylic acids is 1. The smallest absolute Gasteiger partial charge is 0.230 e. The van der Waals surface area contributed by atoms with Crippen molar-refractivity contribution in [3.63, 3.8) is 0 Å². The maximum atomic E-state index is 13.6. The Kier molecular flexibility index (Phi) is 3.79. The van der Waals surface area contributed by atoms with E-state index in [9.17, 15) is 18.7 Å². The lowest BCUT2D eigenvalue weighted by Crippen LogP contribution is -2.17. The molecule has 1 amide bonds. The number of H-pyrrole nitrogens is 1. The van der Waals surface area contributed by atoms with E-state index in [-0.39, 0.29) is 12.1 Å². The van der Waals surface area contributed by atoms with Crippen molar-refractivity contribution in [1.82, 2.24) is 10.2 Å². The molecule has 116 valence electrons. The number of aromatic hydroxyl groups is 1. The maximum Gasteiger partial charge on any atom is 0.230 e. The minimum atomic E-state index is -1.18. The van der Waals surface area contributed by atoms with E-state index >= 15 is 0 Å². The number of anilines is 1. The van der Waals surface area contributed by atoms with Crippen LogP contribution < -0.4 is 5.32 Å². The van der Waals surface area contributed by atoms with Gasteiger partial charge < -0.3 is 10.4 Å². The number of aromatic amines is 1. The van der Waals surface area contributed by atoms with Crippen LogP contribution >= 0.6 is 0 Å². The van der Waals surface area contributed by atoms with Gasteiger partial charge in [-0.1, -0.05) is 0 Å². The number of hydrogen-bond acceptors (Lipinski definition) is 3. The van der Waals surface area contributed by atoms with Gasteiger partial charge in [0.25, 0.3) is 0 Å². The zero-order valence-electron chi connectivity index (χ0n) is 11.7. The molecule has 1 heterocycles. The van der Waals surface area contributed by atoms with Gasteiger partial charge in [0.2, 0.25) is 5.91 Å². The molecule has 1 aliphatic carbocycles. The third-order valence-electron chi connectivity index (χ3n) is 3.81. The molecule has 0 aliphatic heterocycles. The fraction of sp³-hybridized carbons (Fsp3) is 0.333. The van der Waals surface area contributed by atoms with E-state index < -0.39 is 23.3 Å². The van der Waals surface area contributed by atoms with Gasteiger partial charge in [0.15, 0.2) is 17.4 Å². The Morgan fingerprint density at radius 1 is 1.32 bits per heavy atom. The SMILES string of the molecule is O=C(Cc1n[nH]c2c1CCCC2)Nc1ccc(F)c(O)c1F. The van der Waals surface area contributed by atoms with E-state index in [0.29, 0.717) is 5.69 Å². The molecular weight excluding hydrogens is 292 g/mol. The topological polar surface area (TPSA) is 78.0 Å². The molecule has 3 N–H and O–H groups in total. The van der Waals surface area contributed by atoms with Gasteiger partial charge in [-0.15, -0.1) is 0 Å². The van der Waals surface area contributed by atoms with Gasteiger partial charge in [0.1, 0.15) is 0 Å². The summed E-state index contributed by atoms with van der Waals surface area (Å²) in [7, 11) is 0. The number of aryl methyl sites for hydroxylation is 1. The summed E-state index contributed by atoms with van der Waals surface area (Å²) < 4.78 is 26.6. The van der Waals surface area contributed by atoms with Crippen molar-refractivity contribution >= 4 is 11.6 Å². The van der Waals surface area contributed by atoms with Gasteiger partial charge in [-0.2, -0.15) is 5.10 Å². The van der Waals surface area contributed by atoms with Gasteiger partial charge in [-0.25, -0.2) is 8.78 Å². The normalized spacial score (nSPS) is 13.7. The average Bonchev–Trinajstić information content (AvgIpc) is 2.91. The zero-order chi connectivity index (χ0) is 15.7. The van der Waals surface area contributed by atoms with Crippen molar-refractivity contribution in [3.05, 3.63) is 40.7 Å². The maximum absolute atomic E-state index is 13.6. The lowest BCUT2D eigenvalue weighted by molar-refractivity contribution is -0.115. The Labute approximate surface area is 125 Å². The second kappa shape index (κ2) is 5.75. The highest BCUT2D eigenvalue weighted by molar-refractivity contribution is 5.92. The standard InChI is InChI=1S/C15H15F2N3O2/c16-9-5-6-11(14(17)15(9)22)18-13(21)7-12-8-3-1-2-4-10(8)19-20-12/h5-6,22H,1-4,7H2,(H,18,21)(H,19,20). The number of halogens is 2. The second-order valence-electron chi connectivity index (χ2n) is 5.32. The predicted octanol–water partition coefficient (Wildman–Crippen LogP) is 2.45. The molecular formula is C15H15F2N3O2. The Balaban J connectivity index is 1.73. The second-order valence-corrected chi connectivity index (χ2v) is 5.32. The molecule has 0 atom stereocenters. The van der Waals surface area contributed by atoms with Gasteiger partial charge in [-0.05, 0) is 43.4 Å². The summed E-state index contributed by atoms with van der Waals surface area (Å²) in [6.45, 7) is 0. The first-order valence-electron chi connectivity index (χ1n) is 7.08. The highest BCUT2D eigenvalue weighted by atomic mass is 19.1. The molecule has 1 aromatic heterocycles. The number of rotatable bonds is 3. The average molecular weight is 307 g/mol. The Morgan fingerprint density at radius 3 is 2.91 bits per heavy atom. The number of phenolic OH excluding ortho intramolecular Hbond substituents is 1. The minimum absolute atomic E-state index is 0.00338. The van der Waals surface area contributed by atoms with Crippen molar-refractivity contribution in [2.75, 3.05) is 5.32 Å². The van der Waals surface area contributed by atoms with E-state index in [1.54, 1.807) is 0 Å². The minimum Gasteiger partial charge on any atom is -0.503 e. The lowest BCUT2D eigenvalue weighted by Gasteiger charge is -2.11. The molecule has 22 heavy (non-hydrogen) atoms. The van der Waals surface area contributed by atoms with Crippen LogP contribution in [-0.2, 0) is 24.1 Å². The molecule has 2 aromatic rings. The van der Waals surface area contributed by atoms with Crippen LogP contribution in [0.15, 0.2) is 12.1 Å². The number of nitrogens with one attached hydrogen (secondary N) is 2. The third kappa shape index (κ3) is 2.66. The summed E-state index contributed by atoms with van der Waals surface area (Å²) in [6, 6.07) is 1.97. The lowest BCUT2D eigenvalue weighted by atomic mass is 9.95. The highest BCUT2D eigenvalue weighted by Gasteiger charge is 2.20. The fourth-order valence-corrected chi connectivity index (χ4v) is 2.68. The van der Waals surface area contributed by atoms with Gasteiger partial charge in [0, 0.05) is 5.69 Å². The number of amides is 1. The third-order valence-corrected chi connectivity index (χ3v) is 3.81. The summed E-state index contributed by atoms with van der Waals surface area (Å²) >= 11 is 0. The number of nitrogens with zero attached hydrogens (tertiary/aromatic N) is 1. The van der Waals surface area contributed by atoms with Crippen LogP contribution in [0.4, 0.5) is 14.5 Å². The molecule has 0 saturated carbocycles. The van der Waals surface area contributed by atoms with Gasteiger partial charge in [0.05, 0.1) is 17.8 Å². The monoisotopic (exact) mass is 307 g/mol. The van der Waals surface area contributed by atoms with E-state index in [2.05, 4.69) is 15.5 Å². The molecule has 0 radical (unpaired) electrons. The quantitative estimate of drug-likeness (QED) is 0.815. The Hall–Kier alpha value is -2.44. The number of hydrogen-bond donors (Lipinski definition) is 3. The van der Waals surface area contributed by atoms with E-state index in [1.165, 1.54) is 0 Å². The molecule has 1 aromatic carbocycles. The van der Waals surface area contributed by atoms with Crippen LogP contribution in [0.2, 0.25) is 0 Å². The van der Waals surface area contributed by atoms with Crippen LogP contribution in [0, 0.1) is 11.6 Å². The van der Waals surface area contributed by atoms with Crippen molar-refractivity contribution in [2.45, 2.75) is 32.1 Å². The highest BCUT2D eigenvalue weighted by Crippen LogP contribution is 2.27. The molecule has 1 aliphatic rings. The van der Waals surface area contributed by atoms with Crippen molar-refractivity contribution < 1.29 is 18.7 Å². The van der Waals surface area contributed by atoms with E-state index in [4.69, 9.17) is 0 Å². The molecule has 7 heteroatoms. The summed E-state index contributed by atoms with van der Waals surface area (Å²) in [4.78, 5) is 12.0. The van der Waals surface area contributed by atoms with Crippen LogP contribution in [0.3, 0.4) is 0 Å². The van der Waals surface area contributed by atoms with Crippen molar-refractivity contribution in [1.29, 1.82) is 0 Å². The van der Waals surface area contributed by atoms with Crippen molar-refractivity contribution in [2.24, 2.45) is 0 Å². The Bertz CT molecular complexity index is 728. The largest absolute Gasteiger partial charge is 0.503 e. The first-order valence-corrected chi connectivity index (χ1v) is 7.08. The number of carbonyl (C=O) groups is 1. The van der Waals surface area contributed by atoms with Crippen molar-refractivity contribution in [3.8, 4) is 5.75 Å². The summed E-state index contributed by atoms with van der Waals surface area (Å²) in [6.07, 6.45) is 3.95. The molecule has 0 spiro atoms. The first-order chi connectivity index (χ1) is 10.6. The van der Waals surface area contributed by atoms with Gasteiger partial charge >= 0.3 is 0 Å².